The van der Waals surface area contributed by atoms with E-state index in [4.69, 9.17) is 4.74 Å². The Hall–Kier alpha value is -2.07. The minimum atomic E-state index is -0.377. The number of phenols is 1. The summed E-state index contributed by atoms with van der Waals surface area (Å²) < 4.78 is 19.4. The van der Waals surface area contributed by atoms with Gasteiger partial charge in [0.1, 0.15) is 12.4 Å². The minimum Gasteiger partial charge on any atom is -0.508 e. The predicted octanol–water partition coefficient (Wildman–Crippen LogP) is 3.61. The van der Waals surface area contributed by atoms with Crippen LogP contribution in [0.3, 0.4) is 0 Å². The van der Waals surface area contributed by atoms with Crippen LogP contribution in [0.2, 0.25) is 0 Å². The number of ether oxygens (including phenoxy) is 1. The van der Waals surface area contributed by atoms with Crippen LogP contribution in [-0.2, 0) is 13.2 Å². The second-order valence-electron chi connectivity index (χ2n) is 5.26. The van der Waals surface area contributed by atoms with Crippen LogP contribution in [0, 0.1) is 5.82 Å². The van der Waals surface area contributed by atoms with Gasteiger partial charge in [-0.25, -0.2) is 4.39 Å². The van der Waals surface area contributed by atoms with Crippen LogP contribution in [-0.4, -0.2) is 11.1 Å². The van der Waals surface area contributed by atoms with Crippen LogP contribution >= 0.6 is 0 Å². The third-order valence-electron chi connectivity index (χ3n) is 3.02. The van der Waals surface area contributed by atoms with E-state index in [0.29, 0.717) is 12.6 Å². The number of benzene rings is 2. The van der Waals surface area contributed by atoms with Crippen LogP contribution < -0.4 is 10.1 Å². The molecule has 0 aliphatic carbocycles. The smallest absolute Gasteiger partial charge is 0.165 e. The molecule has 2 aromatic rings. The Kier molecular flexibility index (Phi) is 5.17. The maximum absolute atomic E-state index is 14.0. The van der Waals surface area contributed by atoms with Crippen LogP contribution in [0.4, 0.5) is 4.39 Å². The molecule has 0 saturated heterocycles. The highest BCUT2D eigenvalue weighted by Gasteiger charge is 2.06. The average molecular weight is 289 g/mol. The van der Waals surface area contributed by atoms with Crippen molar-refractivity contribution in [2.45, 2.75) is 33.0 Å². The molecule has 0 aliphatic rings. The standard InChI is InChI=1S/C17H20FNO2/c1-12(2)19-10-13-6-7-17(16(18)9-13)21-11-14-4-3-5-15(20)8-14/h3-9,12,19-20H,10-11H2,1-2H3. The lowest BCUT2D eigenvalue weighted by atomic mass is 10.2. The molecule has 0 saturated carbocycles. The first-order valence-corrected chi connectivity index (χ1v) is 6.97. The van der Waals surface area contributed by atoms with Crippen LogP contribution in [0.5, 0.6) is 11.5 Å². The second-order valence-corrected chi connectivity index (χ2v) is 5.26. The van der Waals surface area contributed by atoms with Gasteiger partial charge in [-0.15, -0.1) is 0 Å². The van der Waals surface area contributed by atoms with Gasteiger partial charge in [0, 0.05) is 12.6 Å². The summed E-state index contributed by atoms with van der Waals surface area (Å²) in [4.78, 5) is 0. The Morgan fingerprint density at radius 2 is 1.95 bits per heavy atom. The van der Waals surface area contributed by atoms with E-state index in [0.717, 1.165) is 11.1 Å². The van der Waals surface area contributed by atoms with Crippen molar-refractivity contribution in [3.8, 4) is 11.5 Å². The Morgan fingerprint density at radius 1 is 1.14 bits per heavy atom. The predicted molar refractivity (Wildman–Crippen MR) is 80.8 cm³/mol. The molecule has 0 bridgehead atoms. The first-order valence-electron chi connectivity index (χ1n) is 6.97. The largest absolute Gasteiger partial charge is 0.508 e. The second kappa shape index (κ2) is 7.09. The van der Waals surface area contributed by atoms with Crippen molar-refractivity contribution in [1.82, 2.24) is 5.32 Å². The van der Waals surface area contributed by atoms with Gasteiger partial charge < -0.3 is 15.2 Å². The molecule has 2 aromatic carbocycles. The third kappa shape index (κ3) is 4.76. The zero-order valence-corrected chi connectivity index (χ0v) is 12.3. The number of halogens is 1. The number of rotatable bonds is 6. The van der Waals surface area contributed by atoms with Crippen LogP contribution in [0.25, 0.3) is 0 Å². The van der Waals surface area contributed by atoms with Crippen molar-refractivity contribution in [3.05, 3.63) is 59.4 Å². The summed E-state index contributed by atoms with van der Waals surface area (Å²) in [5.74, 6) is 0.0107. The molecule has 21 heavy (non-hydrogen) atoms. The molecule has 4 heteroatoms. The molecule has 2 rings (SSSR count). The summed E-state index contributed by atoms with van der Waals surface area (Å²) in [6.45, 7) is 4.93. The van der Waals surface area contributed by atoms with Gasteiger partial charge in [0.15, 0.2) is 11.6 Å². The van der Waals surface area contributed by atoms with Crippen molar-refractivity contribution < 1.29 is 14.2 Å². The molecule has 0 heterocycles. The fourth-order valence-corrected chi connectivity index (χ4v) is 1.90. The zero-order valence-electron chi connectivity index (χ0n) is 12.3. The topological polar surface area (TPSA) is 41.5 Å². The van der Waals surface area contributed by atoms with Crippen molar-refractivity contribution in [1.29, 1.82) is 0 Å². The lowest BCUT2D eigenvalue weighted by Gasteiger charge is -2.11. The average Bonchev–Trinajstić information content (AvgIpc) is 2.44. The lowest BCUT2D eigenvalue weighted by molar-refractivity contribution is 0.289. The SMILES string of the molecule is CC(C)NCc1ccc(OCc2cccc(O)c2)c(F)c1. The Balaban J connectivity index is 1.97. The zero-order chi connectivity index (χ0) is 15.2. The highest BCUT2D eigenvalue weighted by atomic mass is 19.1. The van der Waals surface area contributed by atoms with E-state index >= 15 is 0 Å². The van der Waals surface area contributed by atoms with E-state index in [1.807, 2.05) is 26.0 Å². The molecular weight excluding hydrogens is 269 g/mol. The summed E-state index contributed by atoms with van der Waals surface area (Å²) in [6, 6.07) is 12.0. The Bertz CT molecular complexity index is 599. The monoisotopic (exact) mass is 289 g/mol. The van der Waals surface area contributed by atoms with Gasteiger partial charge in [0.2, 0.25) is 0 Å². The molecule has 0 unspecified atom stereocenters. The van der Waals surface area contributed by atoms with E-state index in [1.54, 1.807) is 24.3 Å². The molecule has 0 amide bonds. The minimum absolute atomic E-state index is 0.173. The van der Waals surface area contributed by atoms with Gasteiger partial charge in [-0.3, -0.25) is 0 Å². The summed E-state index contributed by atoms with van der Waals surface area (Å²) >= 11 is 0. The number of nitrogens with one attached hydrogen (secondary N) is 1. The maximum atomic E-state index is 14.0. The molecule has 0 spiro atoms. The molecule has 0 fully saturated rings. The normalized spacial score (nSPS) is 10.9. The van der Waals surface area contributed by atoms with Crippen molar-refractivity contribution in [3.63, 3.8) is 0 Å². The van der Waals surface area contributed by atoms with Crippen LogP contribution in [0.15, 0.2) is 42.5 Å². The van der Waals surface area contributed by atoms with Crippen molar-refractivity contribution >= 4 is 0 Å². The summed E-state index contributed by atoms with van der Waals surface area (Å²) in [5.41, 5.74) is 1.67. The van der Waals surface area contributed by atoms with E-state index < -0.39 is 0 Å². The highest BCUT2D eigenvalue weighted by molar-refractivity contribution is 5.31. The number of hydrogen-bond donors (Lipinski definition) is 2. The first-order chi connectivity index (χ1) is 10.0. The molecule has 3 nitrogen and oxygen atoms in total. The molecule has 0 aliphatic heterocycles. The summed E-state index contributed by atoms with van der Waals surface area (Å²) in [5, 5.41) is 12.6. The van der Waals surface area contributed by atoms with Gasteiger partial charge in [-0.05, 0) is 35.4 Å². The van der Waals surface area contributed by atoms with Gasteiger partial charge in [-0.1, -0.05) is 32.0 Å². The summed E-state index contributed by atoms with van der Waals surface area (Å²) in [7, 11) is 0. The Morgan fingerprint density at radius 3 is 2.62 bits per heavy atom. The molecular formula is C17H20FNO2. The first kappa shape index (κ1) is 15.3. The third-order valence-corrected chi connectivity index (χ3v) is 3.02. The quantitative estimate of drug-likeness (QED) is 0.853. The van der Waals surface area contributed by atoms with E-state index in [2.05, 4.69) is 5.32 Å². The number of hydrogen-bond acceptors (Lipinski definition) is 3. The van der Waals surface area contributed by atoms with Gasteiger partial charge in [0.25, 0.3) is 0 Å². The molecule has 0 aromatic heterocycles. The fraction of sp³-hybridized carbons (Fsp3) is 0.294. The van der Waals surface area contributed by atoms with E-state index in [9.17, 15) is 9.50 Å². The number of phenolic OH excluding ortho intramolecular Hbond substituents is 1. The van der Waals surface area contributed by atoms with Gasteiger partial charge >= 0.3 is 0 Å². The van der Waals surface area contributed by atoms with Crippen molar-refractivity contribution in [2.75, 3.05) is 0 Å². The Labute approximate surface area is 124 Å². The number of aromatic hydroxyl groups is 1. The van der Waals surface area contributed by atoms with E-state index in [1.165, 1.54) is 6.07 Å². The molecule has 0 atom stereocenters. The maximum Gasteiger partial charge on any atom is 0.165 e. The van der Waals surface area contributed by atoms with Gasteiger partial charge in [0.05, 0.1) is 0 Å². The lowest BCUT2D eigenvalue weighted by Crippen LogP contribution is -2.21. The fourth-order valence-electron chi connectivity index (χ4n) is 1.90. The molecule has 0 radical (unpaired) electrons. The van der Waals surface area contributed by atoms with Crippen molar-refractivity contribution in [2.24, 2.45) is 0 Å². The van der Waals surface area contributed by atoms with Gasteiger partial charge in [-0.2, -0.15) is 0 Å². The molecule has 112 valence electrons. The highest BCUT2D eigenvalue weighted by Crippen LogP contribution is 2.20. The molecule has 2 N–H and O–H groups in total. The van der Waals surface area contributed by atoms with Crippen LogP contribution in [0.1, 0.15) is 25.0 Å². The van der Waals surface area contributed by atoms with E-state index in [-0.39, 0.29) is 23.9 Å². The summed E-state index contributed by atoms with van der Waals surface area (Å²) in [6.07, 6.45) is 0.